The van der Waals surface area contributed by atoms with Crippen LogP contribution >= 0.6 is 0 Å². The van der Waals surface area contributed by atoms with E-state index in [1.165, 1.54) is 11.6 Å². The minimum absolute atomic E-state index is 0.203. The molecule has 2 aromatic carbocycles. The zero-order valence-corrected chi connectivity index (χ0v) is 16.2. The Bertz CT molecular complexity index is 1030. The van der Waals surface area contributed by atoms with Gasteiger partial charge in [-0.1, -0.05) is 18.2 Å². The molecule has 0 amide bonds. The highest BCUT2D eigenvalue weighted by atomic mass is 19.1. The maximum absolute atomic E-state index is 13.8. The van der Waals surface area contributed by atoms with Crippen LogP contribution in [-0.2, 0) is 13.0 Å². The van der Waals surface area contributed by atoms with Gasteiger partial charge in [-0.3, -0.25) is 9.88 Å². The van der Waals surface area contributed by atoms with Crippen LogP contribution in [0.4, 0.5) is 4.39 Å². The van der Waals surface area contributed by atoms with Crippen LogP contribution in [0.5, 0.6) is 0 Å². The molecule has 2 heterocycles. The van der Waals surface area contributed by atoms with Crippen molar-refractivity contribution in [3.05, 3.63) is 76.7 Å². The normalized spacial score (nSPS) is 15.6. The summed E-state index contributed by atoms with van der Waals surface area (Å²) in [5.41, 5.74) is 4.94. The number of piperidine rings is 1. The Balaban J connectivity index is 1.43. The number of aryl methyl sites for hydroxylation is 1. The lowest BCUT2D eigenvalue weighted by Crippen LogP contribution is -2.34. The van der Waals surface area contributed by atoms with E-state index >= 15 is 0 Å². The quantitative estimate of drug-likeness (QED) is 0.645. The lowest BCUT2D eigenvalue weighted by atomic mass is 9.88. The van der Waals surface area contributed by atoms with Gasteiger partial charge in [-0.05, 0) is 86.7 Å². The topological polar surface area (TPSA) is 39.9 Å². The van der Waals surface area contributed by atoms with Crippen molar-refractivity contribution in [3.63, 3.8) is 0 Å². The number of aromatic nitrogens is 1. The van der Waals surface area contributed by atoms with E-state index in [2.05, 4.69) is 22.0 Å². The van der Waals surface area contributed by atoms with Crippen LogP contribution in [0.15, 0.2) is 48.5 Å². The predicted molar refractivity (Wildman–Crippen MR) is 109 cm³/mol. The van der Waals surface area contributed by atoms with Crippen molar-refractivity contribution in [2.45, 2.75) is 32.7 Å². The number of fused-ring (bicyclic) bond motifs is 1. The highest BCUT2D eigenvalue weighted by Crippen LogP contribution is 2.27. The van der Waals surface area contributed by atoms with Gasteiger partial charge < -0.3 is 0 Å². The molecule has 0 saturated carbocycles. The van der Waals surface area contributed by atoms with Crippen LogP contribution in [-0.4, -0.2) is 23.0 Å². The van der Waals surface area contributed by atoms with Crippen molar-refractivity contribution in [1.29, 1.82) is 5.26 Å². The second-order valence-corrected chi connectivity index (χ2v) is 7.78. The summed E-state index contributed by atoms with van der Waals surface area (Å²) in [5, 5.41) is 10.2. The van der Waals surface area contributed by atoms with Crippen molar-refractivity contribution in [3.8, 4) is 6.07 Å². The summed E-state index contributed by atoms with van der Waals surface area (Å²) < 4.78 is 13.8. The zero-order valence-electron chi connectivity index (χ0n) is 16.2. The fraction of sp³-hybridized carbons (Fsp3) is 0.333. The summed E-state index contributed by atoms with van der Waals surface area (Å²) in [7, 11) is 0. The average molecular weight is 373 g/mol. The Hall–Kier alpha value is -2.77. The van der Waals surface area contributed by atoms with E-state index in [1.807, 2.05) is 31.2 Å². The van der Waals surface area contributed by atoms with E-state index in [4.69, 9.17) is 0 Å². The molecule has 1 aromatic heterocycles. The minimum Gasteiger partial charge on any atom is -0.299 e. The first-order valence-corrected chi connectivity index (χ1v) is 9.88. The van der Waals surface area contributed by atoms with Gasteiger partial charge in [0.25, 0.3) is 0 Å². The molecule has 0 spiro atoms. The molecular formula is C24H24FN3. The van der Waals surface area contributed by atoms with Crippen molar-refractivity contribution in [2.24, 2.45) is 5.92 Å². The van der Waals surface area contributed by atoms with Gasteiger partial charge in [0.15, 0.2) is 0 Å². The van der Waals surface area contributed by atoms with E-state index in [-0.39, 0.29) is 5.82 Å². The summed E-state index contributed by atoms with van der Waals surface area (Å²) in [6.07, 6.45) is 3.20. The van der Waals surface area contributed by atoms with E-state index in [1.54, 1.807) is 12.1 Å². The van der Waals surface area contributed by atoms with Crippen molar-refractivity contribution >= 4 is 10.9 Å². The molecule has 1 aliphatic heterocycles. The van der Waals surface area contributed by atoms with Gasteiger partial charge in [-0.2, -0.15) is 5.26 Å². The van der Waals surface area contributed by atoms with Crippen LogP contribution in [0.2, 0.25) is 0 Å². The molecule has 3 nitrogen and oxygen atoms in total. The van der Waals surface area contributed by atoms with E-state index in [0.29, 0.717) is 5.92 Å². The molecule has 142 valence electrons. The number of nitrogens with zero attached hydrogens (tertiary/aromatic N) is 3. The molecule has 1 aliphatic rings. The van der Waals surface area contributed by atoms with Crippen molar-refractivity contribution < 1.29 is 4.39 Å². The molecule has 4 rings (SSSR count). The SMILES string of the molecule is Cc1cc(CC2CCN(Cc3ccccc3C#N)CC2)c2cc(F)ccc2n1. The fourth-order valence-electron chi connectivity index (χ4n) is 4.25. The average Bonchev–Trinajstić information content (AvgIpc) is 2.70. The third-order valence-corrected chi connectivity index (χ3v) is 5.73. The first-order chi connectivity index (χ1) is 13.6. The Labute approximate surface area is 165 Å². The number of benzene rings is 2. The number of hydrogen-bond donors (Lipinski definition) is 0. The summed E-state index contributed by atoms with van der Waals surface area (Å²) in [6, 6.07) is 17.1. The Morgan fingerprint density at radius 3 is 2.68 bits per heavy atom. The molecule has 0 atom stereocenters. The van der Waals surface area contributed by atoms with Gasteiger partial charge in [-0.15, -0.1) is 0 Å². The number of pyridine rings is 1. The summed E-state index contributed by atoms with van der Waals surface area (Å²) >= 11 is 0. The lowest BCUT2D eigenvalue weighted by molar-refractivity contribution is 0.177. The molecule has 0 bridgehead atoms. The number of halogens is 1. The maximum atomic E-state index is 13.8. The van der Waals surface area contributed by atoms with Crippen LogP contribution in [0, 0.1) is 30.0 Å². The van der Waals surface area contributed by atoms with Gasteiger partial charge in [0, 0.05) is 17.6 Å². The molecule has 1 fully saturated rings. The van der Waals surface area contributed by atoms with Gasteiger partial charge in [0.2, 0.25) is 0 Å². The third kappa shape index (κ3) is 4.05. The maximum Gasteiger partial charge on any atom is 0.123 e. The number of rotatable bonds is 4. The second-order valence-electron chi connectivity index (χ2n) is 7.78. The standard InChI is InChI=1S/C24H24FN3/c1-17-12-21(23-14-22(25)6-7-24(23)27-17)13-18-8-10-28(11-9-18)16-20-5-3-2-4-19(20)15-26/h2-7,12,14,18H,8-11,13,16H2,1H3. The van der Waals surface area contributed by atoms with Crippen LogP contribution in [0.25, 0.3) is 10.9 Å². The summed E-state index contributed by atoms with van der Waals surface area (Å²) in [5.74, 6) is 0.390. The van der Waals surface area contributed by atoms with E-state index in [9.17, 15) is 9.65 Å². The van der Waals surface area contributed by atoms with Gasteiger partial charge in [0.05, 0.1) is 17.1 Å². The molecule has 3 aromatic rings. The molecule has 1 saturated heterocycles. The molecular weight excluding hydrogens is 349 g/mol. The Morgan fingerprint density at radius 1 is 1.11 bits per heavy atom. The van der Waals surface area contributed by atoms with Crippen molar-refractivity contribution in [1.82, 2.24) is 9.88 Å². The minimum atomic E-state index is -0.203. The second kappa shape index (κ2) is 8.08. The Kier molecular flexibility index (Phi) is 5.36. The molecule has 0 N–H and O–H groups in total. The smallest absolute Gasteiger partial charge is 0.123 e. The zero-order chi connectivity index (χ0) is 19.5. The van der Waals surface area contributed by atoms with Gasteiger partial charge in [0.1, 0.15) is 5.82 Å². The summed E-state index contributed by atoms with van der Waals surface area (Å²) in [6.45, 7) is 4.89. The summed E-state index contributed by atoms with van der Waals surface area (Å²) in [4.78, 5) is 6.98. The first kappa shape index (κ1) is 18.6. The Morgan fingerprint density at radius 2 is 1.89 bits per heavy atom. The van der Waals surface area contributed by atoms with E-state index < -0.39 is 0 Å². The highest BCUT2D eigenvalue weighted by Gasteiger charge is 2.21. The molecule has 0 radical (unpaired) electrons. The van der Waals surface area contributed by atoms with Gasteiger partial charge in [-0.25, -0.2) is 4.39 Å². The fourth-order valence-corrected chi connectivity index (χ4v) is 4.25. The number of hydrogen-bond acceptors (Lipinski definition) is 3. The number of nitriles is 1. The van der Waals surface area contributed by atoms with Crippen LogP contribution < -0.4 is 0 Å². The van der Waals surface area contributed by atoms with Gasteiger partial charge >= 0.3 is 0 Å². The van der Waals surface area contributed by atoms with Crippen LogP contribution in [0.3, 0.4) is 0 Å². The monoisotopic (exact) mass is 373 g/mol. The molecule has 28 heavy (non-hydrogen) atoms. The molecule has 4 heteroatoms. The van der Waals surface area contributed by atoms with Crippen molar-refractivity contribution in [2.75, 3.05) is 13.1 Å². The first-order valence-electron chi connectivity index (χ1n) is 9.88. The third-order valence-electron chi connectivity index (χ3n) is 5.73. The largest absolute Gasteiger partial charge is 0.299 e. The molecule has 0 unspecified atom stereocenters. The predicted octanol–water partition coefficient (Wildman–Crippen LogP) is 5.01. The number of likely N-dealkylation sites (tertiary alicyclic amines) is 1. The lowest BCUT2D eigenvalue weighted by Gasteiger charge is -2.32. The molecule has 0 aliphatic carbocycles. The van der Waals surface area contributed by atoms with Crippen LogP contribution in [0.1, 0.15) is 35.2 Å². The highest BCUT2D eigenvalue weighted by molar-refractivity contribution is 5.82. The van der Waals surface area contributed by atoms with E-state index in [0.717, 1.165) is 66.6 Å².